The molecule has 2 amide bonds. The summed E-state index contributed by atoms with van der Waals surface area (Å²) in [6.07, 6.45) is 0. The van der Waals surface area contributed by atoms with E-state index in [0.29, 0.717) is 0 Å². The summed E-state index contributed by atoms with van der Waals surface area (Å²) in [7, 11) is 0. The van der Waals surface area contributed by atoms with Crippen molar-refractivity contribution >= 4 is 29.4 Å². The standard InChI is InChI=1S/C12H13N5O3S/c1-7-2-4-8(5-3-7)21-6-9(18)14-15-12(19)10-11(13)17-20-16-10/h2-5H,6H2,1H3,(H2,13,17)(H,14,18)(H,15,19). The molecule has 0 saturated heterocycles. The number of carbonyl (C=O) groups is 2. The van der Waals surface area contributed by atoms with Gasteiger partial charge in [0.15, 0.2) is 0 Å². The summed E-state index contributed by atoms with van der Waals surface area (Å²) < 4.78 is 4.29. The second kappa shape index (κ2) is 6.75. The average molecular weight is 307 g/mol. The summed E-state index contributed by atoms with van der Waals surface area (Å²) in [5, 5.41) is 6.58. The Morgan fingerprint density at radius 2 is 1.95 bits per heavy atom. The van der Waals surface area contributed by atoms with Crippen molar-refractivity contribution < 1.29 is 14.2 Å². The molecular formula is C12H13N5O3S. The minimum atomic E-state index is -0.692. The highest BCUT2D eigenvalue weighted by molar-refractivity contribution is 8.00. The van der Waals surface area contributed by atoms with E-state index in [2.05, 4.69) is 25.8 Å². The van der Waals surface area contributed by atoms with Crippen LogP contribution in [-0.4, -0.2) is 27.9 Å². The minimum absolute atomic E-state index is 0.143. The number of amides is 2. The number of thioether (sulfide) groups is 1. The van der Waals surface area contributed by atoms with E-state index in [1.165, 1.54) is 11.8 Å². The summed E-state index contributed by atoms with van der Waals surface area (Å²) in [6.45, 7) is 1.99. The van der Waals surface area contributed by atoms with Crippen LogP contribution in [0.25, 0.3) is 0 Å². The molecule has 0 atom stereocenters. The Morgan fingerprint density at radius 3 is 2.57 bits per heavy atom. The third kappa shape index (κ3) is 4.21. The van der Waals surface area contributed by atoms with Crippen LogP contribution in [0.15, 0.2) is 33.8 Å². The lowest BCUT2D eigenvalue weighted by Crippen LogP contribution is -2.42. The summed E-state index contributed by atoms with van der Waals surface area (Å²) in [5.41, 5.74) is 10.8. The van der Waals surface area contributed by atoms with Crippen LogP contribution in [-0.2, 0) is 4.79 Å². The van der Waals surface area contributed by atoms with Crippen LogP contribution < -0.4 is 16.6 Å². The van der Waals surface area contributed by atoms with Crippen molar-refractivity contribution in [3.05, 3.63) is 35.5 Å². The van der Waals surface area contributed by atoms with Gasteiger partial charge in [0, 0.05) is 4.90 Å². The maximum absolute atomic E-state index is 11.6. The summed E-state index contributed by atoms with van der Waals surface area (Å²) in [6, 6.07) is 7.77. The van der Waals surface area contributed by atoms with Gasteiger partial charge in [0.2, 0.25) is 17.4 Å². The Labute approximate surface area is 124 Å². The fourth-order valence-electron chi connectivity index (χ4n) is 1.36. The van der Waals surface area contributed by atoms with Crippen molar-refractivity contribution in [2.24, 2.45) is 0 Å². The zero-order valence-electron chi connectivity index (χ0n) is 11.1. The van der Waals surface area contributed by atoms with Crippen molar-refractivity contribution in [2.45, 2.75) is 11.8 Å². The number of anilines is 1. The smallest absolute Gasteiger partial charge is 0.295 e. The molecule has 0 fully saturated rings. The van der Waals surface area contributed by atoms with Gasteiger partial charge in [-0.05, 0) is 29.4 Å². The van der Waals surface area contributed by atoms with Gasteiger partial charge in [0.25, 0.3) is 5.91 Å². The van der Waals surface area contributed by atoms with Gasteiger partial charge in [-0.25, -0.2) is 4.63 Å². The number of nitrogen functional groups attached to an aromatic ring is 1. The predicted molar refractivity (Wildman–Crippen MR) is 76.2 cm³/mol. The second-order valence-electron chi connectivity index (χ2n) is 4.10. The lowest BCUT2D eigenvalue weighted by molar-refractivity contribution is -0.119. The molecule has 1 aromatic carbocycles. The Kier molecular flexibility index (Phi) is 4.77. The van der Waals surface area contributed by atoms with E-state index in [0.717, 1.165) is 10.5 Å². The molecule has 21 heavy (non-hydrogen) atoms. The van der Waals surface area contributed by atoms with Crippen LogP contribution >= 0.6 is 11.8 Å². The molecule has 0 saturated carbocycles. The van der Waals surface area contributed by atoms with Crippen molar-refractivity contribution in [2.75, 3.05) is 11.5 Å². The molecule has 1 heterocycles. The normalized spacial score (nSPS) is 10.1. The van der Waals surface area contributed by atoms with E-state index in [-0.39, 0.29) is 23.2 Å². The van der Waals surface area contributed by atoms with Gasteiger partial charge in [0.1, 0.15) is 0 Å². The van der Waals surface area contributed by atoms with Crippen molar-refractivity contribution in [1.82, 2.24) is 21.2 Å². The first kappa shape index (κ1) is 14.9. The molecule has 110 valence electrons. The molecular weight excluding hydrogens is 294 g/mol. The highest BCUT2D eigenvalue weighted by Gasteiger charge is 2.16. The number of hydrogen-bond donors (Lipinski definition) is 3. The largest absolute Gasteiger partial charge is 0.379 e. The fraction of sp³-hybridized carbons (Fsp3) is 0.167. The number of rotatable bonds is 4. The topological polar surface area (TPSA) is 123 Å². The second-order valence-corrected chi connectivity index (χ2v) is 5.15. The van der Waals surface area contributed by atoms with Gasteiger partial charge < -0.3 is 5.73 Å². The molecule has 0 unspecified atom stereocenters. The number of hydrazine groups is 1. The lowest BCUT2D eigenvalue weighted by atomic mass is 10.2. The Hall–Kier alpha value is -2.55. The molecule has 8 nitrogen and oxygen atoms in total. The first-order chi connectivity index (χ1) is 10.1. The molecule has 0 spiro atoms. The highest BCUT2D eigenvalue weighted by Crippen LogP contribution is 2.17. The molecule has 0 aliphatic carbocycles. The van der Waals surface area contributed by atoms with Gasteiger partial charge in [0.05, 0.1) is 5.75 Å². The highest BCUT2D eigenvalue weighted by atomic mass is 32.2. The maximum Gasteiger partial charge on any atom is 0.295 e. The third-order valence-electron chi connectivity index (χ3n) is 2.44. The number of benzene rings is 1. The van der Waals surface area contributed by atoms with E-state index in [1.807, 2.05) is 31.2 Å². The number of nitrogens with zero attached hydrogens (tertiary/aromatic N) is 2. The van der Waals surface area contributed by atoms with Crippen molar-refractivity contribution in [3.8, 4) is 0 Å². The molecule has 0 aliphatic rings. The molecule has 0 bridgehead atoms. The minimum Gasteiger partial charge on any atom is -0.379 e. The Bertz CT molecular complexity index is 641. The number of carbonyl (C=O) groups excluding carboxylic acids is 2. The molecule has 4 N–H and O–H groups in total. The number of aryl methyl sites for hydroxylation is 1. The van der Waals surface area contributed by atoms with Crippen LogP contribution in [0, 0.1) is 6.92 Å². The van der Waals surface area contributed by atoms with E-state index < -0.39 is 5.91 Å². The summed E-state index contributed by atoms with van der Waals surface area (Å²) in [5.74, 6) is -1.03. The monoisotopic (exact) mass is 307 g/mol. The van der Waals surface area contributed by atoms with Gasteiger partial charge in [-0.15, -0.1) is 11.8 Å². The Morgan fingerprint density at radius 1 is 1.24 bits per heavy atom. The van der Waals surface area contributed by atoms with Crippen LogP contribution in [0.5, 0.6) is 0 Å². The fourth-order valence-corrected chi connectivity index (χ4v) is 2.06. The number of hydrogen-bond acceptors (Lipinski definition) is 7. The lowest BCUT2D eigenvalue weighted by Gasteiger charge is -2.06. The van der Waals surface area contributed by atoms with E-state index >= 15 is 0 Å². The zero-order chi connectivity index (χ0) is 15.2. The van der Waals surface area contributed by atoms with E-state index in [4.69, 9.17) is 5.73 Å². The van der Waals surface area contributed by atoms with E-state index in [1.54, 1.807) is 0 Å². The molecule has 1 aromatic heterocycles. The Balaban J connectivity index is 1.76. The average Bonchev–Trinajstić information content (AvgIpc) is 2.90. The van der Waals surface area contributed by atoms with Crippen LogP contribution in [0.4, 0.5) is 5.82 Å². The molecule has 2 rings (SSSR count). The maximum atomic E-state index is 11.6. The third-order valence-corrected chi connectivity index (χ3v) is 3.45. The molecule has 0 aliphatic heterocycles. The van der Waals surface area contributed by atoms with Crippen molar-refractivity contribution in [1.29, 1.82) is 0 Å². The predicted octanol–water partition coefficient (Wildman–Crippen LogP) is 0.514. The van der Waals surface area contributed by atoms with E-state index in [9.17, 15) is 9.59 Å². The molecule has 9 heteroatoms. The van der Waals surface area contributed by atoms with Crippen LogP contribution in [0.2, 0.25) is 0 Å². The van der Waals surface area contributed by atoms with Gasteiger partial charge >= 0.3 is 0 Å². The van der Waals surface area contributed by atoms with Crippen LogP contribution in [0.1, 0.15) is 16.1 Å². The quantitative estimate of drug-likeness (QED) is 0.555. The number of aromatic nitrogens is 2. The number of nitrogens with one attached hydrogen (secondary N) is 2. The first-order valence-corrected chi connectivity index (χ1v) is 6.91. The van der Waals surface area contributed by atoms with Gasteiger partial charge in [-0.3, -0.25) is 20.4 Å². The summed E-state index contributed by atoms with van der Waals surface area (Å²) in [4.78, 5) is 24.1. The SMILES string of the molecule is Cc1ccc(SCC(=O)NNC(=O)c2nonc2N)cc1. The first-order valence-electron chi connectivity index (χ1n) is 5.93. The molecule has 0 radical (unpaired) electrons. The van der Waals surface area contributed by atoms with Crippen LogP contribution in [0.3, 0.4) is 0 Å². The zero-order valence-corrected chi connectivity index (χ0v) is 11.9. The van der Waals surface area contributed by atoms with Crippen molar-refractivity contribution in [3.63, 3.8) is 0 Å². The molecule has 2 aromatic rings. The number of nitrogens with two attached hydrogens (primary N) is 1. The summed E-state index contributed by atoms with van der Waals surface area (Å²) >= 11 is 1.36. The van der Waals surface area contributed by atoms with Gasteiger partial charge in [-0.1, -0.05) is 17.7 Å². The van der Waals surface area contributed by atoms with Gasteiger partial charge in [-0.2, -0.15) is 0 Å².